The number of hydrogen-bond donors (Lipinski definition) is 2. The maximum absolute atomic E-state index is 12.4. The Morgan fingerprint density at radius 1 is 1.26 bits per heavy atom. The normalized spacial score (nSPS) is 11.5. The number of benzene rings is 1. The van der Waals surface area contributed by atoms with E-state index in [0.717, 1.165) is 15.9 Å². The van der Waals surface area contributed by atoms with E-state index in [1.807, 2.05) is 26.0 Å². The Bertz CT molecular complexity index is 1010. The van der Waals surface area contributed by atoms with Crippen molar-refractivity contribution in [2.75, 3.05) is 6.61 Å². The highest BCUT2D eigenvalue weighted by atomic mass is 127. The lowest BCUT2D eigenvalue weighted by atomic mass is 10.1. The van der Waals surface area contributed by atoms with E-state index >= 15 is 0 Å². The molecule has 0 saturated carbocycles. The Labute approximate surface area is 202 Å². The molecule has 2 N–H and O–H groups in total. The Morgan fingerprint density at radius 3 is 2.55 bits per heavy atom. The first-order valence-electron chi connectivity index (χ1n) is 9.28. The molecule has 0 aliphatic carbocycles. The highest BCUT2D eigenvalue weighted by Gasteiger charge is 2.20. The molecule has 0 radical (unpaired) electrons. The fourth-order valence-electron chi connectivity index (χ4n) is 2.60. The largest absolute Gasteiger partial charge is 0.484 e. The highest BCUT2D eigenvalue weighted by Crippen LogP contribution is 2.19. The van der Waals surface area contributed by atoms with Crippen LogP contribution in [0.2, 0.25) is 0 Å². The van der Waals surface area contributed by atoms with Gasteiger partial charge in [0.25, 0.3) is 11.8 Å². The number of nitrogens with one attached hydrogen (secondary N) is 2. The number of carbonyl (C=O) groups is 2. The molecule has 166 valence electrons. The summed E-state index contributed by atoms with van der Waals surface area (Å²) in [6.07, 6.45) is -0.320. The van der Waals surface area contributed by atoms with Gasteiger partial charge in [-0.2, -0.15) is 0 Å². The van der Waals surface area contributed by atoms with Crippen molar-refractivity contribution in [1.82, 2.24) is 15.6 Å². The molecule has 0 aliphatic rings. The summed E-state index contributed by atoms with van der Waals surface area (Å²) in [4.78, 5) is 29.4. The van der Waals surface area contributed by atoms with Crippen LogP contribution in [0, 0.1) is 20.8 Å². The van der Waals surface area contributed by atoms with Gasteiger partial charge in [-0.3, -0.25) is 9.59 Å². The summed E-state index contributed by atoms with van der Waals surface area (Å²) in [5, 5.41) is 7.25. The average molecular weight is 573 g/mol. The molecular formula is C21H25IN3O4PS. The molecule has 1 aromatic carbocycles. The van der Waals surface area contributed by atoms with Gasteiger partial charge in [0.05, 0.1) is 10.7 Å². The van der Waals surface area contributed by atoms with E-state index in [4.69, 9.17) is 7.80 Å². The van der Waals surface area contributed by atoms with E-state index in [0.29, 0.717) is 27.7 Å². The van der Waals surface area contributed by atoms with Crippen LogP contribution in [0.4, 0.5) is 0 Å². The molecule has 0 aliphatic heterocycles. The molecule has 10 heteroatoms. The fraction of sp³-hybridized carbons (Fsp3) is 0.286. The number of aromatic nitrogens is 1. The number of nitrogens with zero attached hydrogens (tertiary/aromatic N) is 1. The summed E-state index contributed by atoms with van der Waals surface area (Å²) in [6.45, 7) is 13.2. The second-order valence-corrected chi connectivity index (χ2v) is 9.20. The summed E-state index contributed by atoms with van der Waals surface area (Å²) in [6, 6.07) is 5.57. The quantitative estimate of drug-likeness (QED) is 0.335. The molecule has 31 heavy (non-hydrogen) atoms. The minimum absolute atomic E-state index is 0.165. The van der Waals surface area contributed by atoms with E-state index in [-0.39, 0.29) is 24.8 Å². The molecule has 2 atom stereocenters. The van der Waals surface area contributed by atoms with Gasteiger partial charge in [0.15, 0.2) is 6.61 Å². The molecule has 2 aromatic rings. The molecule has 0 bridgehead atoms. The first-order chi connectivity index (χ1) is 14.6. The van der Waals surface area contributed by atoms with Crippen molar-refractivity contribution in [3.63, 3.8) is 0 Å². The van der Waals surface area contributed by atoms with Crippen molar-refractivity contribution >= 4 is 60.7 Å². The third kappa shape index (κ3) is 7.68. The third-order valence-electron chi connectivity index (χ3n) is 4.25. The Morgan fingerprint density at radius 2 is 1.97 bits per heavy atom. The van der Waals surface area contributed by atoms with Gasteiger partial charge in [-0.1, -0.05) is 19.2 Å². The SMILES string of the molecule is C=C(CC(OI)C(=C)NC(=O)COc1ccc(C)c(P)c1)NC(=O)c1sc(C)nc1C. The van der Waals surface area contributed by atoms with Crippen molar-refractivity contribution in [2.24, 2.45) is 0 Å². The zero-order chi connectivity index (χ0) is 23.1. The van der Waals surface area contributed by atoms with Crippen LogP contribution in [0.5, 0.6) is 5.75 Å². The molecule has 7 nitrogen and oxygen atoms in total. The summed E-state index contributed by atoms with van der Waals surface area (Å²) >= 11 is 3.05. The van der Waals surface area contributed by atoms with Gasteiger partial charge in [0.2, 0.25) is 0 Å². The van der Waals surface area contributed by atoms with Crippen molar-refractivity contribution in [3.05, 3.63) is 63.9 Å². The second kappa shape index (κ2) is 11.7. The van der Waals surface area contributed by atoms with E-state index < -0.39 is 6.10 Å². The van der Waals surface area contributed by atoms with Crippen molar-refractivity contribution < 1.29 is 17.4 Å². The molecule has 0 spiro atoms. The van der Waals surface area contributed by atoms with Gasteiger partial charge in [0, 0.05) is 17.8 Å². The first-order valence-corrected chi connectivity index (χ1v) is 11.6. The summed E-state index contributed by atoms with van der Waals surface area (Å²) in [5.74, 6) is -0.0302. The summed E-state index contributed by atoms with van der Waals surface area (Å²) < 4.78 is 10.9. The maximum Gasteiger partial charge on any atom is 0.267 e. The molecule has 2 amide bonds. The van der Waals surface area contributed by atoms with Gasteiger partial charge in [0.1, 0.15) is 39.7 Å². The number of ether oxygens (including phenoxy) is 1. The van der Waals surface area contributed by atoms with Crippen LogP contribution in [0.1, 0.15) is 32.4 Å². The Hall–Kier alpha value is -1.81. The van der Waals surface area contributed by atoms with Gasteiger partial charge < -0.3 is 18.4 Å². The number of hydrogen-bond acceptors (Lipinski definition) is 6. The zero-order valence-corrected chi connectivity index (χ0v) is 21.7. The Kier molecular flexibility index (Phi) is 9.61. The fourth-order valence-corrected chi connectivity index (χ4v) is 4.16. The van der Waals surface area contributed by atoms with Crippen LogP contribution >= 0.6 is 43.6 Å². The van der Waals surface area contributed by atoms with E-state index in [1.54, 1.807) is 36.0 Å². The number of thiazole rings is 1. The minimum atomic E-state index is -0.570. The van der Waals surface area contributed by atoms with Gasteiger partial charge >= 0.3 is 0 Å². The van der Waals surface area contributed by atoms with Crippen molar-refractivity contribution in [1.29, 1.82) is 0 Å². The topological polar surface area (TPSA) is 89.5 Å². The molecule has 0 saturated heterocycles. The highest BCUT2D eigenvalue weighted by molar-refractivity contribution is 14.1. The van der Waals surface area contributed by atoms with Crippen molar-refractivity contribution in [2.45, 2.75) is 33.3 Å². The van der Waals surface area contributed by atoms with Gasteiger partial charge in [-0.25, -0.2) is 4.98 Å². The van der Waals surface area contributed by atoms with Crippen molar-refractivity contribution in [3.8, 4) is 5.75 Å². The zero-order valence-electron chi connectivity index (χ0n) is 17.6. The summed E-state index contributed by atoms with van der Waals surface area (Å²) in [7, 11) is 2.62. The van der Waals surface area contributed by atoms with E-state index in [2.05, 4.69) is 38.0 Å². The monoisotopic (exact) mass is 573 g/mol. The number of rotatable bonds is 10. The number of amides is 2. The average Bonchev–Trinajstić information content (AvgIpc) is 3.05. The molecule has 2 rings (SSSR count). The third-order valence-corrected chi connectivity index (χ3v) is 6.56. The first kappa shape index (κ1) is 25.5. The van der Waals surface area contributed by atoms with E-state index in [1.165, 1.54) is 11.3 Å². The molecule has 1 heterocycles. The van der Waals surface area contributed by atoms with Crippen LogP contribution in [-0.4, -0.2) is 29.5 Å². The maximum atomic E-state index is 12.4. The van der Waals surface area contributed by atoms with Crippen LogP contribution in [0.3, 0.4) is 0 Å². The standard InChI is InChI=1S/C21H25IN3O4PS/c1-11-6-7-16(9-18(11)30)28-10-19(26)25-13(3)17(29-22)8-12(2)23-21(27)20-14(4)24-15(5)31-20/h6-7,9,17H,2-3,8,10,30H2,1,4-5H3,(H,23,27)(H,25,26). The molecule has 1 aromatic heterocycles. The number of aryl methyl sites for hydroxylation is 3. The minimum Gasteiger partial charge on any atom is -0.484 e. The van der Waals surface area contributed by atoms with Gasteiger partial charge in [-0.05, 0) is 43.8 Å². The Balaban J connectivity index is 1.85. The molecule has 0 fully saturated rings. The summed E-state index contributed by atoms with van der Waals surface area (Å²) in [5.41, 5.74) is 2.58. The van der Waals surface area contributed by atoms with Crippen LogP contribution in [-0.2, 0) is 7.86 Å². The number of halogens is 1. The number of carbonyl (C=O) groups excluding carboxylic acids is 2. The lowest BCUT2D eigenvalue weighted by molar-refractivity contribution is -0.122. The van der Waals surface area contributed by atoms with Gasteiger partial charge in [-0.15, -0.1) is 20.6 Å². The van der Waals surface area contributed by atoms with E-state index in [9.17, 15) is 9.59 Å². The molecular weight excluding hydrogens is 548 g/mol. The van der Waals surface area contributed by atoms with Crippen LogP contribution < -0.4 is 20.7 Å². The van der Waals surface area contributed by atoms with Crippen LogP contribution in [0.25, 0.3) is 0 Å². The second-order valence-electron chi connectivity index (χ2n) is 6.87. The predicted molar refractivity (Wildman–Crippen MR) is 135 cm³/mol. The molecule has 2 unspecified atom stereocenters. The lowest BCUT2D eigenvalue weighted by Gasteiger charge is -2.19. The lowest BCUT2D eigenvalue weighted by Crippen LogP contribution is -2.34. The smallest absolute Gasteiger partial charge is 0.267 e. The van der Waals surface area contributed by atoms with Crippen LogP contribution in [0.15, 0.2) is 42.8 Å². The predicted octanol–water partition coefficient (Wildman–Crippen LogP) is 3.65.